The topological polar surface area (TPSA) is 53.6 Å². The zero-order valence-electron chi connectivity index (χ0n) is 15.1. The van der Waals surface area contributed by atoms with Crippen LogP contribution < -0.4 is 11.1 Å². The van der Waals surface area contributed by atoms with E-state index in [0.29, 0.717) is 11.9 Å². The molecule has 0 aromatic heterocycles. The average molecular weight is 316 g/mol. The molecule has 4 nitrogen and oxygen atoms in total. The van der Waals surface area contributed by atoms with E-state index in [-0.39, 0.29) is 0 Å². The first kappa shape index (κ1) is 17.8. The summed E-state index contributed by atoms with van der Waals surface area (Å²) in [5.74, 6) is 1.88. The van der Waals surface area contributed by atoms with E-state index in [2.05, 4.69) is 61.1 Å². The maximum absolute atomic E-state index is 6.05. The van der Waals surface area contributed by atoms with Gasteiger partial charge >= 0.3 is 0 Å². The van der Waals surface area contributed by atoms with Gasteiger partial charge in [0.2, 0.25) is 0 Å². The molecule has 1 heterocycles. The molecule has 1 aliphatic heterocycles. The first-order valence-corrected chi connectivity index (χ1v) is 8.80. The minimum absolute atomic E-state index is 0.522. The summed E-state index contributed by atoms with van der Waals surface area (Å²) in [6.07, 6.45) is 2.53. The lowest BCUT2D eigenvalue weighted by atomic mass is 9.97. The van der Waals surface area contributed by atoms with E-state index < -0.39 is 0 Å². The molecule has 1 aromatic carbocycles. The molecule has 0 bridgehead atoms. The number of rotatable bonds is 5. The second kappa shape index (κ2) is 8.34. The number of likely N-dealkylation sites (tertiary alicyclic amines) is 1. The Labute approximate surface area is 141 Å². The second-order valence-electron chi connectivity index (χ2n) is 7.31. The summed E-state index contributed by atoms with van der Waals surface area (Å²) in [4.78, 5) is 7.14. The van der Waals surface area contributed by atoms with Gasteiger partial charge in [0.05, 0.1) is 0 Å². The van der Waals surface area contributed by atoms with Crippen molar-refractivity contribution >= 4 is 11.6 Å². The highest BCUT2D eigenvalue weighted by molar-refractivity contribution is 5.92. The van der Waals surface area contributed by atoms with Crippen LogP contribution in [0.5, 0.6) is 0 Å². The van der Waals surface area contributed by atoms with E-state index in [4.69, 9.17) is 5.73 Å². The van der Waals surface area contributed by atoms with Crippen molar-refractivity contribution in [2.75, 3.05) is 31.5 Å². The van der Waals surface area contributed by atoms with Crippen LogP contribution >= 0.6 is 0 Å². The van der Waals surface area contributed by atoms with Crippen molar-refractivity contribution in [1.82, 2.24) is 4.90 Å². The first-order valence-electron chi connectivity index (χ1n) is 8.80. The summed E-state index contributed by atoms with van der Waals surface area (Å²) >= 11 is 0. The largest absolute Gasteiger partial charge is 0.370 e. The van der Waals surface area contributed by atoms with Gasteiger partial charge in [0.25, 0.3) is 0 Å². The molecule has 128 valence electrons. The number of piperidine rings is 1. The van der Waals surface area contributed by atoms with E-state index in [1.54, 1.807) is 0 Å². The number of nitrogens with two attached hydrogens (primary N) is 1. The summed E-state index contributed by atoms with van der Waals surface area (Å²) in [5, 5.41) is 3.21. The normalized spacial score (nSPS) is 20.0. The molecular formula is C19H32N4. The molecule has 1 atom stereocenters. The quantitative estimate of drug-likeness (QED) is 0.646. The third kappa shape index (κ3) is 5.87. The summed E-state index contributed by atoms with van der Waals surface area (Å²) in [6, 6.07) is 6.27. The SMILES string of the molecule is Cc1ccc(NC(N)=NCC2CCCN(CC(C)C)C2)cc1C. The van der Waals surface area contributed by atoms with Crippen molar-refractivity contribution in [3.8, 4) is 0 Å². The van der Waals surface area contributed by atoms with Gasteiger partial charge in [-0.3, -0.25) is 4.99 Å². The zero-order chi connectivity index (χ0) is 16.8. The Kier molecular flexibility index (Phi) is 6.46. The minimum Gasteiger partial charge on any atom is -0.370 e. The summed E-state index contributed by atoms with van der Waals surface area (Å²) in [5.41, 5.74) is 9.62. The molecule has 3 N–H and O–H groups in total. The van der Waals surface area contributed by atoms with Gasteiger partial charge in [-0.05, 0) is 68.3 Å². The van der Waals surface area contributed by atoms with Gasteiger partial charge in [-0.25, -0.2) is 0 Å². The number of aryl methyl sites for hydroxylation is 2. The third-order valence-corrected chi connectivity index (χ3v) is 4.53. The van der Waals surface area contributed by atoms with Crippen LogP contribution in [0.3, 0.4) is 0 Å². The minimum atomic E-state index is 0.522. The molecule has 1 saturated heterocycles. The lowest BCUT2D eigenvalue weighted by Gasteiger charge is -2.33. The van der Waals surface area contributed by atoms with Gasteiger partial charge in [-0.2, -0.15) is 0 Å². The Balaban J connectivity index is 1.85. The highest BCUT2D eigenvalue weighted by atomic mass is 15.1. The fourth-order valence-electron chi connectivity index (χ4n) is 3.22. The molecular weight excluding hydrogens is 284 g/mol. The number of nitrogens with zero attached hydrogens (tertiary/aromatic N) is 2. The van der Waals surface area contributed by atoms with Gasteiger partial charge in [0.1, 0.15) is 0 Å². The molecule has 0 saturated carbocycles. The summed E-state index contributed by atoms with van der Waals surface area (Å²) in [7, 11) is 0. The molecule has 0 spiro atoms. The van der Waals surface area contributed by atoms with Gasteiger partial charge in [-0.1, -0.05) is 19.9 Å². The molecule has 1 fully saturated rings. The number of guanidine groups is 1. The third-order valence-electron chi connectivity index (χ3n) is 4.53. The van der Waals surface area contributed by atoms with Crippen molar-refractivity contribution in [1.29, 1.82) is 0 Å². The van der Waals surface area contributed by atoms with Crippen LogP contribution in [0, 0.1) is 25.7 Å². The van der Waals surface area contributed by atoms with Crippen molar-refractivity contribution in [2.24, 2.45) is 22.6 Å². The highest BCUT2D eigenvalue weighted by Gasteiger charge is 2.20. The van der Waals surface area contributed by atoms with E-state index in [0.717, 1.165) is 24.7 Å². The average Bonchev–Trinajstić information content (AvgIpc) is 2.49. The lowest BCUT2D eigenvalue weighted by molar-refractivity contribution is 0.162. The van der Waals surface area contributed by atoms with Crippen molar-refractivity contribution < 1.29 is 0 Å². The number of aliphatic imine (C=N–C) groups is 1. The molecule has 23 heavy (non-hydrogen) atoms. The Morgan fingerprint density at radius 3 is 2.83 bits per heavy atom. The second-order valence-corrected chi connectivity index (χ2v) is 7.31. The van der Waals surface area contributed by atoms with Gasteiger partial charge in [0.15, 0.2) is 5.96 Å². The van der Waals surface area contributed by atoms with Crippen LogP contribution in [-0.2, 0) is 0 Å². The predicted octanol–water partition coefficient (Wildman–Crippen LogP) is 3.40. The summed E-state index contributed by atoms with van der Waals surface area (Å²) < 4.78 is 0. The number of hydrogen-bond donors (Lipinski definition) is 2. The molecule has 4 heteroatoms. The van der Waals surface area contributed by atoms with Crippen LogP contribution in [0.25, 0.3) is 0 Å². The summed E-state index contributed by atoms with van der Waals surface area (Å²) in [6.45, 7) is 13.2. The number of anilines is 1. The van der Waals surface area contributed by atoms with Gasteiger partial charge < -0.3 is 16.0 Å². The van der Waals surface area contributed by atoms with Crippen molar-refractivity contribution in [3.63, 3.8) is 0 Å². The molecule has 1 aliphatic rings. The maximum Gasteiger partial charge on any atom is 0.193 e. The number of hydrogen-bond acceptors (Lipinski definition) is 2. The van der Waals surface area contributed by atoms with E-state index >= 15 is 0 Å². The molecule has 0 radical (unpaired) electrons. The van der Waals surface area contributed by atoms with Crippen molar-refractivity contribution in [2.45, 2.75) is 40.5 Å². The van der Waals surface area contributed by atoms with Gasteiger partial charge in [-0.15, -0.1) is 0 Å². The molecule has 2 rings (SSSR count). The van der Waals surface area contributed by atoms with Crippen LogP contribution in [0.2, 0.25) is 0 Å². The standard InChI is InChI=1S/C19H32N4/c1-14(2)12-23-9-5-6-17(13-23)11-21-19(20)22-18-8-7-15(3)16(4)10-18/h7-8,10,14,17H,5-6,9,11-13H2,1-4H3,(H3,20,21,22). The van der Waals surface area contributed by atoms with Crippen LogP contribution in [0.15, 0.2) is 23.2 Å². The molecule has 0 amide bonds. The van der Waals surface area contributed by atoms with Gasteiger partial charge in [0, 0.05) is 25.3 Å². The predicted molar refractivity (Wildman–Crippen MR) is 100 cm³/mol. The fraction of sp³-hybridized carbons (Fsp3) is 0.632. The van der Waals surface area contributed by atoms with E-state index in [1.165, 1.54) is 37.1 Å². The fourth-order valence-corrected chi connectivity index (χ4v) is 3.22. The Morgan fingerprint density at radius 1 is 1.35 bits per heavy atom. The Bertz CT molecular complexity index is 536. The Morgan fingerprint density at radius 2 is 2.13 bits per heavy atom. The first-order chi connectivity index (χ1) is 10.9. The van der Waals surface area contributed by atoms with Crippen LogP contribution in [0.1, 0.15) is 37.8 Å². The van der Waals surface area contributed by atoms with Crippen LogP contribution in [-0.4, -0.2) is 37.0 Å². The Hall–Kier alpha value is -1.55. The highest BCUT2D eigenvalue weighted by Crippen LogP contribution is 2.18. The molecule has 1 aromatic rings. The lowest BCUT2D eigenvalue weighted by Crippen LogP contribution is -2.39. The number of nitrogens with one attached hydrogen (secondary N) is 1. The molecule has 1 unspecified atom stereocenters. The number of benzene rings is 1. The monoisotopic (exact) mass is 316 g/mol. The van der Waals surface area contributed by atoms with Crippen molar-refractivity contribution in [3.05, 3.63) is 29.3 Å². The van der Waals surface area contributed by atoms with Crippen LogP contribution in [0.4, 0.5) is 5.69 Å². The maximum atomic E-state index is 6.05. The van der Waals surface area contributed by atoms with E-state index in [9.17, 15) is 0 Å². The zero-order valence-corrected chi connectivity index (χ0v) is 15.1. The molecule has 0 aliphatic carbocycles. The smallest absolute Gasteiger partial charge is 0.193 e. The van der Waals surface area contributed by atoms with E-state index in [1.807, 2.05) is 0 Å².